The first-order chi connectivity index (χ1) is 11.1. The highest BCUT2D eigenvalue weighted by Crippen LogP contribution is 2.19. The number of benzene rings is 1. The minimum atomic E-state index is -0.513. The number of aliphatic hydroxyl groups is 1. The molecule has 0 saturated carbocycles. The third-order valence-electron chi connectivity index (χ3n) is 4.04. The fourth-order valence-electron chi connectivity index (χ4n) is 2.79. The summed E-state index contributed by atoms with van der Waals surface area (Å²) in [6.07, 6.45) is 4.05. The molecular formula is C16H23ClFN3O2. The molecule has 1 aromatic carbocycles. The Morgan fingerprint density at radius 2 is 2.26 bits per heavy atom. The predicted octanol–water partition coefficient (Wildman–Crippen LogP) is 2.84. The number of carbonyl (C=O) groups excluding carboxylic acids is 1. The quantitative estimate of drug-likeness (QED) is 0.667. The Balaban J connectivity index is 1.60. The summed E-state index contributed by atoms with van der Waals surface area (Å²) in [5.74, 6) is -0.513. The van der Waals surface area contributed by atoms with Gasteiger partial charge in [-0.15, -0.1) is 0 Å². The molecule has 1 fully saturated rings. The van der Waals surface area contributed by atoms with Gasteiger partial charge in [-0.1, -0.05) is 11.6 Å². The number of amides is 2. The van der Waals surface area contributed by atoms with Crippen LogP contribution in [0.3, 0.4) is 0 Å². The molecular weight excluding hydrogens is 321 g/mol. The number of urea groups is 1. The van der Waals surface area contributed by atoms with Crippen LogP contribution in [-0.2, 0) is 0 Å². The lowest BCUT2D eigenvalue weighted by Crippen LogP contribution is -2.34. The zero-order valence-electron chi connectivity index (χ0n) is 13.0. The molecule has 1 saturated heterocycles. The molecule has 1 atom stereocenters. The summed E-state index contributed by atoms with van der Waals surface area (Å²) in [5.41, 5.74) is 0.455. The second-order valence-electron chi connectivity index (χ2n) is 5.73. The van der Waals surface area contributed by atoms with Crippen LogP contribution in [0.15, 0.2) is 18.2 Å². The van der Waals surface area contributed by atoms with Crippen LogP contribution in [0.25, 0.3) is 0 Å². The van der Waals surface area contributed by atoms with Crippen molar-refractivity contribution in [2.75, 3.05) is 31.6 Å². The molecule has 1 heterocycles. The normalized spacial score (nSPS) is 18.1. The number of halogens is 2. The van der Waals surface area contributed by atoms with E-state index in [1.165, 1.54) is 18.2 Å². The smallest absolute Gasteiger partial charge is 0.319 e. The lowest BCUT2D eigenvalue weighted by molar-refractivity contribution is 0.157. The number of hydrogen-bond acceptors (Lipinski definition) is 3. The lowest BCUT2D eigenvalue weighted by Gasteiger charge is -2.22. The fraction of sp³-hybridized carbons (Fsp3) is 0.562. The van der Waals surface area contributed by atoms with Gasteiger partial charge in [0.25, 0.3) is 0 Å². The first-order valence-electron chi connectivity index (χ1n) is 7.95. The average molecular weight is 344 g/mol. The SMILES string of the molecule is O=C(NCCCCN1CCCC1CO)Nc1ccc(F)c(Cl)c1. The second-order valence-corrected chi connectivity index (χ2v) is 6.14. The van der Waals surface area contributed by atoms with Crippen molar-refractivity contribution in [1.29, 1.82) is 0 Å². The molecule has 2 rings (SSSR count). The van der Waals surface area contributed by atoms with Gasteiger partial charge in [0, 0.05) is 18.3 Å². The van der Waals surface area contributed by atoms with E-state index in [4.69, 9.17) is 11.6 Å². The average Bonchev–Trinajstić information content (AvgIpc) is 2.98. The summed E-state index contributed by atoms with van der Waals surface area (Å²) >= 11 is 5.66. The molecule has 0 radical (unpaired) electrons. The van der Waals surface area contributed by atoms with Crippen LogP contribution in [0.4, 0.5) is 14.9 Å². The maximum absolute atomic E-state index is 13.0. The number of aliphatic hydroxyl groups excluding tert-OH is 1. The summed E-state index contributed by atoms with van der Waals surface area (Å²) in [4.78, 5) is 14.0. The minimum Gasteiger partial charge on any atom is -0.395 e. The Hall–Kier alpha value is -1.37. The Bertz CT molecular complexity index is 530. The van der Waals surface area contributed by atoms with E-state index < -0.39 is 5.82 Å². The molecule has 0 aliphatic carbocycles. The van der Waals surface area contributed by atoms with E-state index in [0.717, 1.165) is 38.8 Å². The van der Waals surface area contributed by atoms with Crippen molar-refractivity contribution in [3.63, 3.8) is 0 Å². The van der Waals surface area contributed by atoms with Gasteiger partial charge >= 0.3 is 6.03 Å². The zero-order valence-corrected chi connectivity index (χ0v) is 13.8. The number of rotatable bonds is 7. The van der Waals surface area contributed by atoms with Crippen LogP contribution in [0, 0.1) is 5.82 Å². The van der Waals surface area contributed by atoms with E-state index in [0.29, 0.717) is 18.3 Å². The van der Waals surface area contributed by atoms with Crippen LogP contribution in [0.2, 0.25) is 5.02 Å². The standard InChI is InChI=1S/C16H23ClFN3O2/c17-14-10-12(5-6-15(14)18)20-16(23)19-7-1-2-8-21-9-3-4-13(21)11-22/h5-6,10,13,22H,1-4,7-9,11H2,(H2,19,20,23). The van der Waals surface area contributed by atoms with Crippen molar-refractivity contribution in [1.82, 2.24) is 10.2 Å². The van der Waals surface area contributed by atoms with Crippen molar-refractivity contribution >= 4 is 23.3 Å². The van der Waals surface area contributed by atoms with Crippen LogP contribution < -0.4 is 10.6 Å². The first kappa shape index (κ1) is 18.0. The van der Waals surface area contributed by atoms with Crippen molar-refractivity contribution in [2.24, 2.45) is 0 Å². The van der Waals surface area contributed by atoms with Gasteiger partial charge in [0.05, 0.1) is 11.6 Å². The summed E-state index contributed by atoms with van der Waals surface area (Å²) in [7, 11) is 0. The van der Waals surface area contributed by atoms with Gasteiger partial charge in [0.15, 0.2) is 0 Å². The van der Waals surface area contributed by atoms with Crippen molar-refractivity contribution in [2.45, 2.75) is 31.7 Å². The number of nitrogens with one attached hydrogen (secondary N) is 2. The van der Waals surface area contributed by atoms with Crippen LogP contribution >= 0.6 is 11.6 Å². The van der Waals surface area contributed by atoms with E-state index in [-0.39, 0.29) is 17.7 Å². The summed E-state index contributed by atoms with van der Waals surface area (Å²) in [6, 6.07) is 4.02. The highest BCUT2D eigenvalue weighted by molar-refractivity contribution is 6.31. The topological polar surface area (TPSA) is 64.6 Å². The number of likely N-dealkylation sites (tertiary alicyclic amines) is 1. The Kier molecular flexibility index (Phi) is 7.08. The zero-order chi connectivity index (χ0) is 16.7. The van der Waals surface area contributed by atoms with E-state index in [1.54, 1.807) is 0 Å². The molecule has 1 aliphatic rings. The number of anilines is 1. The van der Waals surface area contributed by atoms with Gasteiger partial charge in [-0.3, -0.25) is 4.90 Å². The summed E-state index contributed by atoms with van der Waals surface area (Å²) in [6.45, 7) is 2.78. The molecule has 1 aromatic rings. The molecule has 23 heavy (non-hydrogen) atoms. The first-order valence-corrected chi connectivity index (χ1v) is 8.33. The molecule has 0 aromatic heterocycles. The van der Waals surface area contributed by atoms with E-state index >= 15 is 0 Å². The molecule has 128 valence electrons. The maximum atomic E-state index is 13.0. The van der Waals surface area contributed by atoms with Gasteiger partial charge in [-0.2, -0.15) is 0 Å². The van der Waals surface area contributed by atoms with E-state index in [1.807, 2.05) is 0 Å². The maximum Gasteiger partial charge on any atom is 0.319 e. The second kappa shape index (κ2) is 9.05. The number of nitrogens with zero attached hydrogens (tertiary/aromatic N) is 1. The Morgan fingerprint density at radius 1 is 1.43 bits per heavy atom. The molecule has 0 bridgehead atoms. The van der Waals surface area contributed by atoms with Crippen molar-refractivity contribution in [3.05, 3.63) is 29.0 Å². The van der Waals surface area contributed by atoms with E-state index in [2.05, 4.69) is 15.5 Å². The number of unbranched alkanes of at least 4 members (excludes halogenated alkanes) is 1. The molecule has 7 heteroatoms. The molecule has 2 amide bonds. The minimum absolute atomic E-state index is 0.0214. The Morgan fingerprint density at radius 3 is 3.00 bits per heavy atom. The van der Waals surface area contributed by atoms with E-state index in [9.17, 15) is 14.3 Å². The summed E-state index contributed by atoms with van der Waals surface area (Å²) in [5, 5.41) is 14.6. The Labute approximate surface area is 140 Å². The predicted molar refractivity (Wildman–Crippen MR) is 89.3 cm³/mol. The highest BCUT2D eigenvalue weighted by atomic mass is 35.5. The van der Waals surface area contributed by atoms with Gasteiger partial charge in [0.2, 0.25) is 0 Å². The van der Waals surface area contributed by atoms with Crippen LogP contribution in [0.1, 0.15) is 25.7 Å². The summed E-state index contributed by atoms with van der Waals surface area (Å²) < 4.78 is 13.0. The number of carbonyl (C=O) groups is 1. The third-order valence-corrected chi connectivity index (χ3v) is 4.33. The lowest BCUT2D eigenvalue weighted by atomic mass is 10.2. The molecule has 1 unspecified atom stereocenters. The van der Waals surface area contributed by atoms with Crippen molar-refractivity contribution in [3.8, 4) is 0 Å². The number of hydrogen-bond donors (Lipinski definition) is 3. The largest absolute Gasteiger partial charge is 0.395 e. The van der Waals surface area contributed by atoms with Gasteiger partial charge in [0.1, 0.15) is 5.82 Å². The van der Waals surface area contributed by atoms with Gasteiger partial charge in [-0.05, 0) is 57.0 Å². The fourth-order valence-corrected chi connectivity index (χ4v) is 2.97. The van der Waals surface area contributed by atoms with Gasteiger partial charge < -0.3 is 15.7 Å². The van der Waals surface area contributed by atoms with Gasteiger partial charge in [-0.25, -0.2) is 9.18 Å². The highest BCUT2D eigenvalue weighted by Gasteiger charge is 2.22. The molecule has 5 nitrogen and oxygen atoms in total. The third kappa shape index (κ3) is 5.64. The van der Waals surface area contributed by atoms with Crippen LogP contribution in [0.5, 0.6) is 0 Å². The monoisotopic (exact) mass is 343 g/mol. The molecule has 1 aliphatic heterocycles. The molecule has 3 N–H and O–H groups in total. The van der Waals surface area contributed by atoms with Crippen molar-refractivity contribution < 1.29 is 14.3 Å². The van der Waals surface area contributed by atoms with Crippen LogP contribution in [-0.4, -0.2) is 48.3 Å². The molecule has 0 spiro atoms.